The Morgan fingerprint density at radius 1 is 1.25 bits per heavy atom. The van der Waals surface area contributed by atoms with Crippen LogP contribution in [0, 0.1) is 12.8 Å². The molecule has 1 saturated heterocycles. The summed E-state index contributed by atoms with van der Waals surface area (Å²) in [7, 11) is -0.0143. The molecule has 112 valence electrons. The molecule has 5 heteroatoms. The van der Waals surface area contributed by atoms with Crippen molar-refractivity contribution in [2.75, 3.05) is 27.3 Å². The topological polar surface area (TPSA) is 46.6 Å². The van der Waals surface area contributed by atoms with Crippen LogP contribution in [0.2, 0.25) is 0 Å². The van der Waals surface area contributed by atoms with Gasteiger partial charge >= 0.3 is 0 Å². The van der Waals surface area contributed by atoms with Crippen LogP contribution >= 0.6 is 0 Å². The van der Waals surface area contributed by atoms with Gasteiger partial charge < -0.3 is 4.74 Å². The van der Waals surface area contributed by atoms with Crippen molar-refractivity contribution in [1.29, 1.82) is 0 Å². The molecule has 0 amide bonds. The van der Waals surface area contributed by atoms with Crippen LogP contribution in [0.1, 0.15) is 17.5 Å². The number of hydrogen-bond acceptors (Lipinski definition) is 3. The van der Waals surface area contributed by atoms with E-state index in [9.17, 15) is 8.42 Å². The van der Waals surface area contributed by atoms with Crippen molar-refractivity contribution >= 4 is 10.0 Å². The lowest BCUT2D eigenvalue weighted by Gasteiger charge is -2.33. The molecule has 0 radical (unpaired) electrons. The molecule has 1 fully saturated rings. The van der Waals surface area contributed by atoms with Crippen LogP contribution in [0.3, 0.4) is 0 Å². The molecular weight excluding hydrogens is 274 g/mol. The average molecular weight is 297 g/mol. The third-order valence-electron chi connectivity index (χ3n) is 3.91. The third kappa shape index (κ3) is 3.40. The van der Waals surface area contributed by atoms with Crippen LogP contribution in [-0.2, 0) is 21.2 Å². The molecule has 0 saturated carbocycles. The van der Waals surface area contributed by atoms with Crippen molar-refractivity contribution in [3.63, 3.8) is 0 Å². The lowest BCUT2D eigenvalue weighted by molar-refractivity contribution is 0.0563. The predicted octanol–water partition coefficient (Wildman–Crippen LogP) is 1.83. The monoisotopic (exact) mass is 297 g/mol. The fourth-order valence-corrected chi connectivity index (χ4v) is 4.25. The van der Waals surface area contributed by atoms with Gasteiger partial charge in [0.1, 0.15) is 0 Å². The number of nitrogens with zero attached hydrogens (tertiary/aromatic N) is 1. The fraction of sp³-hybridized carbons (Fsp3) is 0.600. The van der Waals surface area contributed by atoms with Crippen LogP contribution in [0.5, 0.6) is 0 Å². The molecule has 0 unspecified atom stereocenters. The normalized spacial score (nSPS) is 24.0. The fourth-order valence-electron chi connectivity index (χ4n) is 2.66. The number of rotatable bonds is 4. The van der Waals surface area contributed by atoms with Gasteiger partial charge in [0.15, 0.2) is 0 Å². The van der Waals surface area contributed by atoms with E-state index in [-0.39, 0.29) is 11.2 Å². The minimum Gasteiger partial charge on any atom is -0.381 e. The highest BCUT2D eigenvalue weighted by Crippen LogP contribution is 2.27. The van der Waals surface area contributed by atoms with Crippen molar-refractivity contribution < 1.29 is 13.2 Å². The van der Waals surface area contributed by atoms with Gasteiger partial charge in [-0.25, -0.2) is 12.7 Å². The summed E-state index contributed by atoms with van der Waals surface area (Å²) >= 11 is 0. The second-order valence-corrected chi connectivity index (χ2v) is 8.04. The lowest BCUT2D eigenvalue weighted by atomic mass is 9.93. The Morgan fingerprint density at radius 2 is 1.90 bits per heavy atom. The van der Waals surface area contributed by atoms with Gasteiger partial charge in [0.05, 0.1) is 11.9 Å². The SMILES string of the molecule is Cc1ccc(C[C@@H]2COCC[C@@H]2S(=O)(=O)N(C)C)cc1. The van der Waals surface area contributed by atoms with Crippen molar-refractivity contribution in [1.82, 2.24) is 4.31 Å². The van der Waals surface area contributed by atoms with E-state index >= 15 is 0 Å². The van der Waals surface area contributed by atoms with E-state index in [0.717, 1.165) is 6.42 Å². The van der Waals surface area contributed by atoms with E-state index in [2.05, 4.69) is 24.3 Å². The Bertz CT molecular complexity index is 537. The zero-order valence-corrected chi connectivity index (χ0v) is 13.2. The summed E-state index contributed by atoms with van der Waals surface area (Å²) < 4.78 is 31.7. The summed E-state index contributed by atoms with van der Waals surface area (Å²) in [5.41, 5.74) is 2.39. The van der Waals surface area contributed by atoms with Crippen molar-refractivity contribution in [2.45, 2.75) is 25.0 Å². The van der Waals surface area contributed by atoms with Gasteiger partial charge in [-0.05, 0) is 25.3 Å². The van der Waals surface area contributed by atoms with Crippen LogP contribution in [-0.4, -0.2) is 45.3 Å². The molecule has 0 N–H and O–H groups in total. The van der Waals surface area contributed by atoms with Gasteiger partial charge in [0.2, 0.25) is 10.0 Å². The highest BCUT2D eigenvalue weighted by Gasteiger charge is 2.37. The maximum Gasteiger partial charge on any atom is 0.216 e. The number of aryl methyl sites for hydroxylation is 1. The molecule has 0 aromatic heterocycles. The van der Waals surface area contributed by atoms with E-state index in [1.165, 1.54) is 15.4 Å². The first kappa shape index (κ1) is 15.5. The molecule has 1 aliphatic heterocycles. The Balaban J connectivity index is 2.17. The Kier molecular flexibility index (Phi) is 4.83. The van der Waals surface area contributed by atoms with Gasteiger partial charge in [0, 0.05) is 26.6 Å². The molecule has 0 spiro atoms. The molecule has 2 atom stereocenters. The van der Waals surface area contributed by atoms with Crippen LogP contribution in [0.25, 0.3) is 0 Å². The van der Waals surface area contributed by atoms with Crippen molar-refractivity contribution in [2.24, 2.45) is 5.92 Å². The summed E-state index contributed by atoms with van der Waals surface area (Å²) in [6, 6.07) is 8.27. The number of sulfonamides is 1. The van der Waals surface area contributed by atoms with Gasteiger partial charge in [-0.3, -0.25) is 0 Å². The molecule has 1 aromatic rings. The van der Waals surface area contributed by atoms with E-state index in [4.69, 9.17) is 4.74 Å². The molecule has 1 aliphatic rings. The minimum absolute atomic E-state index is 0.0267. The molecule has 0 bridgehead atoms. The highest BCUT2D eigenvalue weighted by atomic mass is 32.2. The first-order valence-corrected chi connectivity index (χ1v) is 8.46. The van der Waals surface area contributed by atoms with Gasteiger partial charge in [0.25, 0.3) is 0 Å². The molecule has 1 heterocycles. The van der Waals surface area contributed by atoms with Gasteiger partial charge in [-0.2, -0.15) is 0 Å². The van der Waals surface area contributed by atoms with Crippen LogP contribution in [0.4, 0.5) is 0 Å². The quantitative estimate of drug-likeness (QED) is 0.852. The standard InChI is InChI=1S/C15H23NO3S/c1-12-4-6-13(7-5-12)10-14-11-19-9-8-15(14)20(17,18)16(2)3/h4-7,14-15H,8-11H2,1-3H3/t14-,15+/m1/s1. The molecular formula is C15H23NO3S. The van der Waals surface area contributed by atoms with E-state index in [1.807, 2.05) is 6.92 Å². The molecule has 0 aliphatic carbocycles. The summed E-state index contributed by atoms with van der Waals surface area (Å²) in [6.45, 7) is 3.10. The summed E-state index contributed by atoms with van der Waals surface area (Å²) in [5, 5.41) is -0.340. The highest BCUT2D eigenvalue weighted by molar-refractivity contribution is 7.89. The largest absolute Gasteiger partial charge is 0.381 e. The van der Waals surface area contributed by atoms with Crippen LogP contribution in [0.15, 0.2) is 24.3 Å². The van der Waals surface area contributed by atoms with E-state index < -0.39 is 10.0 Å². The average Bonchev–Trinajstić information content (AvgIpc) is 2.41. The van der Waals surface area contributed by atoms with E-state index in [1.54, 1.807) is 14.1 Å². The zero-order valence-electron chi connectivity index (χ0n) is 12.4. The Morgan fingerprint density at radius 3 is 2.50 bits per heavy atom. The maximum absolute atomic E-state index is 12.4. The number of hydrogen-bond donors (Lipinski definition) is 0. The second-order valence-electron chi connectivity index (χ2n) is 5.68. The Labute approximate surface area is 121 Å². The minimum atomic E-state index is -3.22. The molecule has 20 heavy (non-hydrogen) atoms. The zero-order chi connectivity index (χ0) is 14.8. The van der Waals surface area contributed by atoms with E-state index in [0.29, 0.717) is 19.6 Å². The molecule has 2 rings (SSSR count). The first-order chi connectivity index (χ1) is 9.41. The summed E-state index contributed by atoms with van der Waals surface area (Å²) in [4.78, 5) is 0. The first-order valence-electron chi connectivity index (χ1n) is 6.96. The predicted molar refractivity (Wildman–Crippen MR) is 80.2 cm³/mol. The van der Waals surface area contributed by atoms with Gasteiger partial charge in [-0.15, -0.1) is 0 Å². The number of benzene rings is 1. The van der Waals surface area contributed by atoms with Crippen molar-refractivity contribution in [3.8, 4) is 0 Å². The smallest absolute Gasteiger partial charge is 0.216 e. The third-order valence-corrected chi connectivity index (χ3v) is 6.32. The van der Waals surface area contributed by atoms with Gasteiger partial charge in [-0.1, -0.05) is 29.8 Å². The Hall–Kier alpha value is -0.910. The van der Waals surface area contributed by atoms with Crippen LogP contribution < -0.4 is 0 Å². The van der Waals surface area contributed by atoms with Crippen molar-refractivity contribution in [3.05, 3.63) is 35.4 Å². The molecule has 4 nitrogen and oxygen atoms in total. The lowest BCUT2D eigenvalue weighted by Crippen LogP contribution is -2.44. The molecule has 1 aromatic carbocycles. The summed E-state index contributed by atoms with van der Waals surface area (Å²) in [5.74, 6) is 0.0267. The number of ether oxygens (including phenoxy) is 1. The summed E-state index contributed by atoms with van der Waals surface area (Å²) in [6.07, 6.45) is 1.33. The maximum atomic E-state index is 12.4. The second kappa shape index (κ2) is 6.24.